The number of benzene rings is 2. The highest BCUT2D eigenvalue weighted by atomic mass is 35.5. The molecule has 0 spiro atoms. The molecule has 126 valence electrons. The molecule has 3 aromatic rings. The average molecular weight is 373 g/mol. The summed E-state index contributed by atoms with van der Waals surface area (Å²) in [7, 11) is 0. The topological polar surface area (TPSA) is 72.3 Å². The molecule has 25 heavy (non-hydrogen) atoms. The largest absolute Gasteiger partial charge is 0.489 e. The molecule has 8 heteroatoms. The summed E-state index contributed by atoms with van der Waals surface area (Å²) in [6, 6.07) is 14.8. The summed E-state index contributed by atoms with van der Waals surface area (Å²) in [4.78, 5) is 11.7. The molecule has 0 saturated carbocycles. The minimum atomic E-state index is -0.409. The monoisotopic (exact) mass is 372 g/mol. The summed E-state index contributed by atoms with van der Waals surface area (Å²) >= 11 is 10.9. The van der Waals surface area contributed by atoms with Gasteiger partial charge in [0.25, 0.3) is 5.56 Å². The van der Waals surface area contributed by atoms with Crippen molar-refractivity contribution in [1.29, 1.82) is 0 Å². The minimum Gasteiger partial charge on any atom is -0.489 e. The Hall–Kier alpha value is -2.77. The van der Waals surface area contributed by atoms with Gasteiger partial charge in [-0.25, -0.2) is 0 Å². The summed E-state index contributed by atoms with van der Waals surface area (Å²) in [5, 5.41) is 10.9. The second-order valence-electron chi connectivity index (χ2n) is 5.06. The zero-order valence-electron chi connectivity index (χ0n) is 12.9. The Kier molecular flexibility index (Phi) is 5.37. The summed E-state index contributed by atoms with van der Waals surface area (Å²) in [5.74, 6) is 0.677. The van der Waals surface area contributed by atoms with E-state index in [1.165, 1.54) is 6.21 Å². The van der Waals surface area contributed by atoms with Crippen molar-refractivity contribution in [3.8, 4) is 5.75 Å². The van der Waals surface area contributed by atoms with Gasteiger partial charge in [0.15, 0.2) is 0 Å². The van der Waals surface area contributed by atoms with E-state index in [0.717, 1.165) is 22.0 Å². The van der Waals surface area contributed by atoms with E-state index in [1.54, 1.807) is 0 Å². The lowest BCUT2D eigenvalue weighted by molar-refractivity contribution is 0.306. The van der Waals surface area contributed by atoms with Crippen molar-refractivity contribution in [2.75, 3.05) is 0 Å². The van der Waals surface area contributed by atoms with Crippen LogP contribution in [-0.4, -0.2) is 21.1 Å². The molecule has 0 fully saturated rings. The molecule has 1 N–H and O–H groups in total. The number of hydrogen-bond donors (Lipinski definition) is 1. The van der Waals surface area contributed by atoms with Gasteiger partial charge in [0.05, 0.1) is 6.21 Å². The number of rotatable bonds is 5. The lowest BCUT2D eigenvalue weighted by Crippen LogP contribution is -2.18. The first kappa shape index (κ1) is 17.1. The van der Waals surface area contributed by atoms with E-state index >= 15 is 0 Å². The molecule has 2 aromatic carbocycles. The van der Waals surface area contributed by atoms with Gasteiger partial charge in [-0.15, -0.1) is 0 Å². The van der Waals surface area contributed by atoms with Crippen LogP contribution in [0.3, 0.4) is 0 Å². The molecule has 0 aliphatic carbocycles. The fourth-order valence-corrected chi connectivity index (χ4v) is 2.46. The first-order chi connectivity index (χ1) is 12.1. The van der Waals surface area contributed by atoms with Gasteiger partial charge in [-0.3, -0.25) is 9.89 Å². The smallest absolute Gasteiger partial charge is 0.293 e. The number of hydrogen-bond acceptors (Lipinski definition) is 5. The Morgan fingerprint density at radius 2 is 2.12 bits per heavy atom. The second-order valence-corrected chi connectivity index (χ2v) is 5.88. The van der Waals surface area contributed by atoms with Crippen LogP contribution in [0.25, 0.3) is 0 Å². The summed E-state index contributed by atoms with van der Waals surface area (Å²) in [5.41, 5.74) is 1.33. The van der Waals surface area contributed by atoms with Crippen molar-refractivity contribution in [3.05, 3.63) is 86.0 Å². The highest BCUT2D eigenvalue weighted by Gasteiger charge is 1.99. The Balaban J connectivity index is 1.74. The highest BCUT2D eigenvalue weighted by molar-refractivity contribution is 7.71. The maximum absolute atomic E-state index is 11.7. The van der Waals surface area contributed by atoms with Gasteiger partial charge < -0.3 is 4.74 Å². The van der Waals surface area contributed by atoms with Crippen LogP contribution in [0.1, 0.15) is 11.1 Å². The second kappa shape index (κ2) is 7.87. The number of aromatic amines is 1. The number of aromatic nitrogens is 3. The third-order valence-corrected chi connectivity index (χ3v) is 3.71. The maximum Gasteiger partial charge on any atom is 0.293 e. The first-order valence-corrected chi connectivity index (χ1v) is 8.09. The van der Waals surface area contributed by atoms with Gasteiger partial charge in [0.2, 0.25) is 4.77 Å². The normalized spacial score (nSPS) is 10.9. The van der Waals surface area contributed by atoms with Gasteiger partial charge in [-0.1, -0.05) is 35.9 Å². The third-order valence-electron chi connectivity index (χ3n) is 3.21. The Morgan fingerprint density at radius 1 is 1.28 bits per heavy atom. The molecule has 0 amide bonds. The van der Waals surface area contributed by atoms with E-state index in [1.807, 2.05) is 48.5 Å². The standard InChI is InChI=1S/C17H13ClN4O2S/c18-14-5-1-4-13(7-14)11-24-15-6-2-3-12(8-15)9-20-22-16(23)10-19-21-17(22)25/h1-10H,11H2,(H,21,25)/b20-9+. The highest BCUT2D eigenvalue weighted by Crippen LogP contribution is 2.16. The predicted molar refractivity (Wildman–Crippen MR) is 98.9 cm³/mol. The molecule has 1 aromatic heterocycles. The van der Waals surface area contributed by atoms with E-state index in [4.69, 9.17) is 28.6 Å². The van der Waals surface area contributed by atoms with Crippen LogP contribution < -0.4 is 10.3 Å². The molecule has 6 nitrogen and oxygen atoms in total. The maximum atomic E-state index is 11.7. The summed E-state index contributed by atoms with van der Waals surface area (Å²) in [6.45, 7) is 0.399. The lowest BCUT2D eigenvalue weighted by atomic mass is 10.2. The van der Waals surface area contributed by atoms with Crippen LogP contribution in [0.2, 0.25) is 5.02 Å². The van der Waals surface area contributed by atoms with Crippen LogP contribution in [0.5, 0.6) is 5.75 Å². The Morgan fingerprint density at radius 3 is 2.92 bits per heavy atom. The molecule has 0 aliphatic heterocycles. The molecule has 0 saturated heterocycles. The van der Waals surface area contributed by atoms with Gasteiger partial charge >= 0.3 is 0 Å². The fourth-order valence-electron chi connectivity index (χ4n) is 2.06. The van der Waals surface area contributed by atoms with Crippen LogP contribution >= 0.6 is 23.8 Å². The zero-order chi connectivity index (χ0) is 17.6. The SMILES string of the molecule is O=c1cn[nH]c(=S)n1/N=C/c1cccc(OCc2cccc(Cl)c2)c1. The number of halogens is 1. The van der Waals surface area contributed by atoms with Gasteiger partial charge in [-0.05, 0) is 47.6 Å². The van der Waals surface area contributed by atoms with Crippen LogP contribution in [0.4, 0.5) is 0 Å². The first-order valence-electron chi connectivity index (χ1n) is 7.30. The zero-order valence-corrected chi connectivity index (χ0v) is 14.5. The summed E-state index contributed by atoms with van der Waals surface area (Å²) in [6.07, 6.45) is 2.63. The third kappa shape index (κ3) is 4.62. The van der Waals surface area contributed by atoms with E-state index < -0.39 is 5.56 Å². The number of nitrogens with zero attached hydrogens (tertiary/aromatic N) is 3. The fraction of sp³-hybridized carbons (Fsp3) is 0.0588. The Labute approximate surface area is 153 Å². The predicted octanol–water partition coefficient (Wildman–Crippen LogP) is 3.42. The van der Waals surface area contributed by atoms with Gasteiger partial charge in [-0.2, -0.15) is 14.9 Å². The molecule has 0 bridgehead atoms. The lowest BCUT2D eigenvalue weighted by Gasteiger charge is -2.07. The molecule has 0 atom stereocenters. The van der Waals surface area contributed by atoms with Crippen molar-refractivity contribution in [3.63, 3.8) is 0 Å². The molecular formula is C17H13ClN4O2S. The number of H-pyrrole nitrogens is 1. The minimum absolute atomic E-state index is 0.122. The van der Waals surface area contributed by atoms with Gasteiger partial charge in [0.1, 0.15) is 18.6 Å². The van der Waals surface area contributed by atoms with Crippen molar-refractivity contribution < 1.29 is 4.74 Å². The van der Waals surface area contributed by atoms with E-state index in [-0.39, 0.29) is 4.77 Å². The van der Waals surface area contributed by atoms with Crippen LogP contribution in [0.15, 0.2) is 64.6 Å². The van der Waals surface area contributed by atoms with Crippen molar-refractivity contribution in [1.82, 2.24) is 14.9 Å². The average Bonchev–Trinajstić information content (AvgIpc) is 2.60. The van der Waals surface area contributed by atoms with Gasteiger partial charge in [0, 0.05) is 5.02 Å². The quantitative estimate of drug-likeness (QED) is 0.550. The van der Waals surface area contributed by atoms with Crippen molar-refractivity contribution >= 4 is 30.0 Å². The molecule has 0 radical (unpaired) electrons. The van der Waals surface area contributed by atoms with Crippen LogP contribution in [-0.2, 0) is 6.61 Å². The Bertz CT molecular complexity index is 1000. The van der Waals surface area contributed by atoms with E-state index in [2.05, 4.69) is 15.3 Å². The van der Waals surface area contributed by atoms with Crippen molar-refractivity contribution in [2.45, 2.75) is 6.61 Å². The molecule has 0 unspecified atom stereocenters. The molecule has 0 aliphatic rings. The molecular weight excluding hydrogens is 360 g/mol. The van der Waals surface area contributed by atoms with E-state index in [9.17, 15) is 4.79 Å². The van der Waals surface area contributed by atoms with E-state index in [0.29, 0.717) is 17.4 Å². The number of ether oxygens (including phenoxy) is 1. The summed E-state index contributed by atoms with van der Waals surface area (Å²) < 4.78 is 6.94. The van der Waals surface area contributed by atoms with Crippen molar-refractivity contribution in [2.24, 2.45) is 5.10 Å². The number of nitrogens with one attached hydrogen (secondary N) is 1. The van der Waals surface area contributed by atoms with Crippen LogP contribution in [0, 0.1) is 4.77 Å². The molecule has 1 heterocycles. The molecule has 3 rings (SSSR count).